The molecule has 3 rings (SSSR count). The second kappa shape index (κ2) is 5.11. The minimum Gasteiger partial charge on any atom is -0.300 e. The molecule has 0 radical (unpaired) electrons. The third kappa shape index (κ3) is 2.66. The second-order valence-electron chi connectivity index (χ2n) is 5.05. The van der Waals surface area contributed by atoms with Crippen molar-refractivity contribution in [3.63, 3.8) is 0 Å². The average Bonchev–Trinajstić information content (AvgIpc) is 2.88. The second-order valence-corrected chi connectivity index (χ2v) is 6.91. The lowest BCUT2D eigenvalue weighted by molar-refractivity contribution is 0.432. The van der Waals surface area contributed by atoms with E-state index >= 15 is 0 Å². The summed E-state index contributed by atoms with van der Waals surface area (Å²) in [5.74, 6) is 0.826. The number of hydrogen-bond donors (Lipinski definition) is 1. The van der Waals surface area contributed by atoms with Crippen molar-refractivity contribution < 1.29 is 0 Å². The first-order chi connectivity index (χ1) is 8.74. The van der Waals surface area contributed by atoms with Gasteiger partial charge in [-0.15, -0.1) is 22.7 Å². The van der Waals surface area contributed by atoms with Gasteiger partial charge in [-0.25, -0.2) is 4.98 Å². The molecule has 1 saturated carbocycles. The molecular weight excluding hydrogens is 260 g/mol. The topological polar surface area (TPSA) is 24.9 Å². The lowest BCUT2D eigenvalue weighted by Gasteiger charge is -2.21. The van der Waals surface area contributed by atoms with Gasteiger partial charge in [0.2, 0.25) is 0 Å². The molecule has 4 heteroatoms. The van der Waals surface area contributed by atoms with Crippen molar-refractivity contribution >= 4 is 22.7 Å². The molecule has 1 aliphatic carbocycles. The standard InChI is InChI=1S/C14H18N2S2/c1-9-8-18-14(15-9)10(2)16-13(11-5-6-11)12-4-3-7-17-12/h3-4,7-8,10-11,13,16H,5-6H2,1-2H3. The Morgan fingerprint density at radius 2 is 2.22 bits per heavy atom. The Morgan fingerprint density at radius 3 is 2.78 bits per heavy atom. The van der Waals surface area contributed by atoms with Crippen molar-refractivity contribution in [2.75, 3.05) is 0 Å². The van der Waals surface area contributed by atoms with Gasteiger partial charge in [-0.2, -0.15) is 0 Å². The van der Waals surface area contributed by atoms with E-state index < -0.39 is 0 Å². The predicted octanol–water partition coefficient (Wildman–Crippen LogP) is 4.31. The quantitative estimate of drug-likeness (QED) is 0.881. The number of aromatic nitrogens is 1. The highest BCUT2D eigenvalue weighted by molar-refractivity contribution is 7.10. The smallest absolute Gasteiger partial charge is 0.110 e. The highest BCUT2D eigenvalue weighted by atomic mass is 32.1. The summed E-state index contributed by atoms with van der Waals surface area (Å²) >= 11 is 3.62. The predicted molar refractivity (Wildman–Crippen MR) is 78.2 cm³/mol. The van der Waals surface area contributed by atoms with E-state index in [0.717, 1.165) is 11.6 Å². The van der Waals surface area contributed by atoms with E-state index in [1.165, 1.54) is 22.7 Å². The highest BCUT2D eigenvalue weighted by Gasteiger charge is 2.34. The van der Waals surface area contributed by atoms with Crippen LogP contribution in [0.5, 0.6) is 0 Å². The molecule has 0 spiro atoms. The summed E-state index contributed by atoms with van der Waals surface area (Å²) in [6.45, 7) is 4.28. The van der Waals surface area contributed by atoms with Gasteiger partial charge in [0.15, 0.2) is 0 Å². The molecule has 1 aliphatic rings. The van der Waals surface area contributed by atoms with Gasteiger partial charge in [0.25, 0.3) is 0 Å². The van der Waals surface area contributed by atoms with Crippen molar-refractivity contribution in [2.24, 2.45) is 5.92 Å². The van der Waals surface area contributed by atoms with E-state index in [9.17, 15) is 0 Å². The highest BCUT2D eigenvalue weighted by Crippen LogP contribution is 2.43. The molecule has 0 aliphatic heterocycles. The van der Waals surface area contributed by atoms with E-state index in [2.05, 4.69) is 47.0 Å². The Balaban J connectivity index is 1.73. The molecule has 2 nitrogen and oxygen atoms in total. The summed E-state index contributed by atoms with van der Waals surface area (Å²) in [7, 11) is 0. The van der Waals surface area contributed by atoms with Crippen LogP contribution in [0.25, 0.3) is 0 Å². The van der Waals surface area contributed by atoms with Crippen molar-refractivity contribution in [2.45, 2.75) is 38.8 Å². The maximum absolute atomic E-state index is 4.58. The molecule has 2 unspecified atom stereocenters. The maximum Gasteiger partial charge on any atom is 0.110 e. The van der Waals surface area contributed by atoms with Crippen molar-refractivity contribution in [1.29, 1.82) is 0 Å². The number of hydrogen-bond acceptors (Lipinski definition) is 4. The third-order valence-corrected chi connectivity index (χ3v) is 5.48. The zero-order valence-corrected chi connectivity index (χ0v) is 12.4. The molecule has 96 valence electrons. The largest absolute Gasteiger partial charge is 0.300 e. The molecule has 2 aromatic rings. The van der Waals surface area contributed by atoms with E-state index in [4.69, 9.17) is 0 Å². The minimum absolute atomic E-state index is 0.344. The Morgan fingerprint density at radius 1 is 1.39 bits per heavy atom. The summed E-state index contributed by atoms with van der Waals surface area (Å²) in [4.78, 5) is 6.05. The first-order valence-electron chi connectivity index (χ1n) is 6.45. The van der Waals surface area contributed by atoms with Crippen molar-refractivity contribution in [3.8, 4) is 0 Å². The third-order valence-electron chi connectivity index (χ3n) is 3.38. The molecule has 1 N–H and O–H groups in total. The molecule has 2 heterocycles. The van der Waals surface area contributed by atoms with Gasteiger partial charge in [0.1, 0.15) is 5.01 Å². The van der Waals surface area contributed by atoms with Crippen LogP contribution in [-0.2, 0) is 0 Å². The van der Waals surface area contributed by atoms with Crippen LogP contribution in [0.2, 0.25) is 0 Å². The van der Waals surface area contributed by atoms with E-state index in [1.807, 2.05) is 11.3 Å². The molecule has 0 saturated heterocycles. The van der Waals surface area contributed by atoms with E-state index in [0.29, 0.717) is 12.1 Å². The Kier molecular flexibility index (Phi) is 3.50. The first-order valence-corrected chi connectivity index (χ1v) is 8.21. The number of thiophene rings is 1. The molecule has 0 amide bonds. The molecule has 0 aromatic carbocycles. The Bertz CT molecular complexity index is 500. The lowest BCUT2D eigenvalue weighted by atomic mass is 10.1. The van der Waals surface area contributed by atoms with E-state index in [1.54, 1.807) is 11.3 Å². The van der Waals surface area contributed by atoms with Crippen LogP contribution in [0.3, 0.4) is 0 Å². The molecular formula is C14H18N2S2. The normalized spacial score (nSPS) is 18.8. The number of thiazole rings is 1. The van der Waals surface area contributed by atoms with E-state index in [-0.39, 0.29) is 0 Å². The fourth-order valence-electron chi connectivity index (χ4n) is 2.26. The van der Waals surface area contributed by atoms with Gasteiger partial charge < -0.3 is 5.32 Å². The molecule has 18 heavy (non-hydrogen) atoms. The average molecular weight is 278 g/mol. The maximum atomic E-state index is 4.58. The van der Waals surface area contributed by atoms with Crippen LogP contribution in [0.4, 0.5) is 0 Å². The van der Waals surface area contributed by atoms with Gasteiger partial charge in [-0.05, 0) is 44.1 Å². The van der Waals surface area contributed by atoms with Gasteiger partial charge >= 0.3 is 0 Å². The molecule has 2 aromatic heterocycles. The summed E-state index contributed by atoms with van der Waals surface area (Å²) < 4.78 is 0. The van der Waals surface area contributed by atoms with Crippen LogP contribution in [0, 0.1) is 12.8 Å². The van der Waals surface area contributed by atoms with Crippen LogP contribution in [-0.4, -0.2) is 4.98 Å². The molecule has 0 bridgehead atoms. The van der Waals surface area contributed by atoms with Gasteiger partial charge in [-0.1, -0.05) is 6.07 Å². The van der Waals surface area contributed by atoms with Gasteiger partial charge in [0, 0.05) is 22.0 Å². The monoisotopic (exact) mass is 278 g/mol. The zero-order valence-electron chi connectivity index (χ0n) is 10.7. The van der Waals surface area contributed by atoms with Crippen molar-refractivity contribution in [1.82, 2.24) is 10.3 Å². The summed E-state index contributed by atoms with van der Waals surface area (Å²) in [5, 5.41) is 9.27. The summed E-state index contributed by atoms with van der Waals surface area (Å²) in [5.41, 5.74) is 1.13. The van der Waals surface area contributed by atoms with Crippen molar-refractivity contribution in [3.05, 3.63) is 38.5 Å². The Hall–Kier alpha value is -0.710. The number of aryl methyl sites for hydroxylation is 1. The van der Waals surface area contributed by atoms with Crippen LogP contribution in [0.1, 0.15) is 47.4 Å². The number of rotatable bonds is 5. The molecule has 1 fully saturated rings. The number of nitrogens with zero attached hydrogens (tertiary/aromatic N) is 1. The first kappa shape index (κ1) is 12.3. The van der Waals surface area contributed by atoms with Gasteiger partial charge in [-0.3, -0.25) is 0 Å². The van der Waals surface area contributed by atoms with Gasteiger partial charge in [0.05, 0.1) is 6.04 Å². The SMILES string of the molecule is Cc1csc(C(C)NC(c2cccs2)C2CC2)n1. The van der Waals surface area contributed by atoms with Crippen LogP contribution < -0.4 is 5.32 Å². The minimum atomic E-state index is 0.344. The number of nitrogens with one attached hydrogen (secondary N) is 1. The van der Waals surface area contributed by atoms with Crippen LogP contribution in [0.15, 0.2) is 22.9 Å². The molecule has 2 atom stereocenters. The Labute approximate surface area is 116 Å². The summed E-state index contributed by atoms with van der Waals surface area (Å²) in [6.07, 6.45) is 2.72. The fraction of sp³-hybridized carbons (Fsp3) is 0.500. The summed E-state index contributed by atoms with van der Waals surface area (Å²) in [6, 6.07) is 5.26. The lowest BCUT2D eigenvalue weighted by Crippen LogP contribution is -2.25. The fourth-order valence-corrected chi connectivity index (χ4v) is 3.95. The zero-order chi connectivity index (χ0) is 12.5. The van der Waals surface area contributed by atoms with Crippen LogP contribution >= 0.6 is 22.7 Å².